The van der Waals surface area contributed by atoms with Gasteiger partial charge in [0, 0.05) is 68.1 Å². The number of carbonyl (C=O) groups is 1. The molecule has 35 heavy (non-hydrogen) atoms. The number of hydrogen-bond donors (Lipinski definition) is 2. The molecule has 0 radical (unpaired) electrons. The quantitative estimate of drug-likeness (QED) is 0.325. The minimum atomic E-state index is -0.404. The van der Waals surface area contributed by atoms with Crippen molar-refractivity contribution in [1.29, 1.82) is 0 Å². The summed E-state index contributed by atoms with van der Waals surface area (Å²) in [5, 5.41) is 8.78. The maximum Gasteiger partial charge on any atom is 0.270 e. The van der Waals surface area contributed by atoms with Crippen molar-refractivity contribution in [1.82, 2.24) is 14.7 Å². The highest BCUT2D eigenvalue weighted by atomic mass is 32.2. The van der Waals surface area contributed by atoms with Crippen molar-refractivity contribution in [3.8, 4) is 11.1 Å². The lowest BCUT2D eigenvalue weighted by atomic mass is 10.0. The monoisotopic (exact) mass is 496 g/mol. The van der Waals surface area contributed by atoms with Gasteiger partial charge in [-0.15, -0.1) is 0 Å². The summed E-state index contributed by atoms with van der Waals surface area (Å²) in [5.74, 6) is -0.404. The Hall–Kier alpha value is -2.36. The summed E-state index contributed by atoms with van der Waals surface area (Å²) in [6.45, 7) is 10.8. The molecule has 1 saturated heterocycles. The molecule has 1 fully saturated rings. The third-order valence-corrected chi connectivity index (χ3v) is 7.93. The minimum Gasteiger partial charge on any atom is -0.383 e. The van der Waals surface area contributed by atoms with Crippen LogP contribution in [0.1, 0.15) is 20.3 Å². The van der Waals surface area contributed by atoms with Crippen LogP contribution in [-0.4, -0.2) is 78.8 Å². The second-order valence-corrected chi connectivity index (χ2v) is 10.9. The van der Waals surface area contributed by atoms with Crippen LogP contribution in [0.15, 0.2) is 65.1 Å². The summed E-state index contributed by atoms with van der Waals surface area (Å²) in [4.78, 5) is 17.7. The molecular formula is C27H36N4O3S. The Morgan fingerprint density at radius 2 is 1.63 bits per heavy atom. The number of benzene rings is 2. The molecule has 4 rings (SSSR count). The Labute approximate surface area is 212 Å². The Kier molecular flexibility index (Phi) is 8.51. The summed E-state index contributed by atoms with van der Waals surface area (Å²) in [5.41, 5.74) is 6.11. The molecular weight excluding hydrogens is 460 g/mol. The van der Waals surface area contributed by atoms with E-state index in [1.165, 1.54) is 21.7 Å². The van der Waals surface area contributed by atoms with E-state index in [1.807, 2.05) is 6.08 Å². The van der Waals surface area contributed by atoms with Gasteiger partial charge < -0.3 is 9.64 Å². The van der Waals surface area contributed by atoms with Gasteiger partial charge in [0.1, 0.15) is 0 Å². The predicted octanol–water partition coefficient (Wildman–Crippen LogP) is 4.05. The molecule has 2 heterocycles. The zero-order valence-corrected chi connectivity index (χ0v) is 21.7. The van der Waals surface area contributed by atoms with Gasteiger partial charge in [0.25, 0.3) is 5.91 Å². The van der Waals surface area contributed by atoms with E-state index in [0.717, 1.165) is 39.3 Å². The fraction of sp³-hybridized carbons (Fsp3) is 0.444. The summed E-state index contributed by atoms with van der Waals surface area (Å²) >= 11 is 1.69. The second-order valence-electron chi connectivity index (χ2n) is 9.69. The molecule has 0 aliphatic carbocycles. The average molecular weight is 497 g/mol. The highest BCUT2D eigenvalue weighted by molar-refractivity contribution is 7.97. The van der Waals surface area contributed by atoms with Gasteiger partial charge >= 0.3 is 0 Å². The largest absolute Gasteiger partial charge is 0.383 e. The van der Waals surface area contributed by atoms with Crippen LogP contribution in [-0.2, 0) is 9.53 Å². The molecule has 7 nitrogen and oxygen atoms in total. The summed E-state index contributed by atoms with van der Waals surface area (Å²) in [6.07, 6.45) is 2.50. The van der Waals surface area contributed by atoms with Crippen molar-refractivity contribution in [3.63, 3.8) is 0 Å². The number of methoxy groups -OCH3 is 1. The minimum absolute atomic E-state index is 0.0687. The Balaban J connectivity index is 1.31. The van der Waals surface area contributed by atoms with Crippen molar-refractivity contribution in [2.75, 3.05) is 57.9 Å². The SMILES string of the molecule is COCC(C)(C)N1CCN(c2ccc(-c3ccc(SN4CC=C(C(=O)NO)CC4)cc3)cc2)CC1. The number of hydrogen-bond acceptors (Lipinski definition) is 7. The van der Waals surface area contributed by atoms with Crippen LogP contribution in [0.3, 0.4) is 0 Å². The zero-order chi connectivity index (χ0) is 24.8. The van der Waals surface area contributed by atoms with Gasteiger partial charge in [0.15, 0.2) is 0 Å². The molecule has 188 valence electrons. The standard InChI is InChI=1S/C27H36N4O3S/c1-27(2,20-34-3)30-18-16-29(17-19-30)24-8-4-21(5-9-24)22-6-10-25(11-7-22)35-31-14-12-23(13-15-31)26(32)28-33/h4-12,33H,13-20H2,1-3H3,(H,28,32). The van der Waals surface area contributed by atoms with E-state index >= 15 is 0 Å². The molecule has 0 aromatic heterocycles. The molecule has 0 saturated carbocycles. The molecule has 0 bridgehead atoms. The van der Waals surface area contributed by atoms with Gasteiger partial charge in [-0.1, -0.05) is 30.3 Å². The predicted molar refractivity (Wildman–Crippen MR) is 142 cm³/mol. The van der Waals surface area contributed by atoms with Crippen LogP contribution in [0, 0.1) is 0 Å². The number of rotatable bonds is 8. The first kappa shape index (κ1) is 25.7. The third-order valence-electron chi connectivity index (χ3n) is 6.85. The first-order valence-electron chi connectivity index (χ1n) is 12.2. The van der Waals surface area contributed by atoms with Crippen LogP contribution in [0.5, 0.6) is 0 Å². The molecule has 2 N–H and O–H groups in total. The molecule has 2 aliphatic rings. The third kappa shape index (κ3) is 6.45. The first-order valence-corrected chi connectivity index (χ1v) is 12.9. The first-order chi connectivity index (χ1) is 16.9. The number of ether oxygens (including phenoxy) is 1. The number of carbonyl (C=O) groups excluding carboxylic acids is 1. The normalized spacial score (nSPS) is 17.8. The average Bonchev–Trinajstić information content (AvgIpc) is 2.89. The van der Waals surface area contributed by atoms with Gasteiger partial charge in [-0.2, -0.15) is 0 Å². The Bertz CT molecular complexity index is 1020. The fourth-order valence-corrected chi connectivity index (χ4v) is 5.64. The van der Waals surface area contributed by atoms with Crippen molar-refractivity contribution < 1.29 is 14.7 Å². The van der Waals surface area contributed by atoms with Crippen molar-refractivity contribution in [2.24, 2.45) is 0 Å². The van der Waals surface area contributed by atoms with Gasteiger partial charge in [-0.3, -0.25) is 14.9 Å². The smallest absolute Gasteiger partial charge is 0.270 e. The number of hydroxylamine groups is 1. The number of anilines is 1. The fourth-order valence-electron chi connectivity index (χ4n) is 4.75. The molecule has 0 unspecified atom stereocenters. The van der Waals surface area contributed by atoms with Gasteiger partial charge in [0.2, 0.25) is 0 Å². The van der Waals surface area contributed by atoms with E-state index in [0.29, 0.717) is 18.5 Å². The molecule has 2 aromatic rings. The Morgan fingerprint density at radius 1 is 1.00 bits per heavy atom. The number of nitrogens with one attached hydrogen (secondary N) is 1. The summed E-state index contributed by atoms with van der Waals surface area (Å²) in [7, 11) is 1.77. The zero-order valence-electron chi connectivity index (χ0n) is 20.9. The van der Waals surface area contributed by atoms with Crippen LogP contribution in [0.2, 0.25) is 0 Å². The van der Waals surface area contributed by atoms with Crippen LogP contribution in [0.4, 0.5) is 5.69 Å². The van der Waals surface area contributed by atoms with Crippen LogP contribution >= 0.6 is 11.9 Å². The summed E-state index contributed by atoms with van der Waals surface area (Å²) in [6, 6.07) is 17.5. The lowest BCUT2D eigenvalue weighted by Gasteiger charge is -2.44. The Morgan fingerprint density at radius 3 is 2.17 bits per heavy atom. The van der Waals surface area contributed by atoms with Gasteiger partial charge in [-0.25, -0.2) is 9.79 Å². The number of nitrogens with zero attached hydrogens (tertiary/aromatic N) is 3. The lowest BCUT2D eigenvalue weighted by Crippen LogP contribution is -2.56. The summed E-state index contributed by atoms with van der Waals surface area (Å²) < 4.78 is 7.62. The van der Waals surface area contributed by atoms with Crippen LogP contribution in [0.25, 0.3) is 11.1 Å². The van der Waals surface area contributed by atoms with E-state index in [4.69, 9.17) is 9.94 Å². The number of piperazine rings is 1. The lowest BCUT2D eigenvalue weighted by molar-refractivity contribution is -0.125. The molecule has 0 spiro atoms. The molecule has 1 amide bonds. The van der Waals surface area contributed by atoms with E-state index in [1.54, 1.807) is 24.5 Å². The second kappa shape index (κ2) is 11.6. The maximum absolute atomic E-state index is 11.5. The molecule has 2 aliphatic heterocycles. The van der Waals surface area contributed by atoms with E-state index in [-0.39, 0.29) is 5.54 Å². The van der Waals surface area contributed by atoms with Crippen molar-refractivity contribution in [2.45, 2.75) is 30.7 Å². The van der Waals surface area contributed by atoms with Gasteiger partial charge in [-0.05, 0) is 67.6 Å². The molecule has 0 atom stereocenters. The maximum atomic E-state index is 11.5. The van der Waals surface area contributed by atoms with Crippen molar-refractivity contribution >= 4 is 23.5 Å². The molecule has 8 heteroatoms. The highest BCUT2D eigenvalue weighted by Gasteiger charge is 2.30. The topological polar surface area (TPSA) is 68.3 Å². The van der Waals surface area contributed by atoms with Gasteiger partial charge in [0.05, 0.1) is 6.61 Å². The molecule has 2 aromatic carbocycles. The van der Waals surface area contributed by atoms with E-state index < -0.39 is 5.91 Å². The highest BCUT2D eigenvalue weighted by Crippen LogP contribution is 2.30. The van der Waals surface area contributed by atoms with Crippen molar-refractivity contribution in [3.05, 3.63) is 60.2 Å². The number of amides is 1. The van der Waals surface area contributed by atoms with E-state index in [9.17, 15) is 4.79 Å². The van der Waals surface area contributed by atoms with Crippen LogP contribution < -0.4 is 10.4 Å². The van der Waals surface area contributed by atoms with E-state index in [2.05, 4.69) is 76.5 Å².